The van der Waals surface area contributed by atoms with Gasteiger partial charge in [0, 0.05) is 50.3 Å². The van der Waals surface area contributed by atoms with Gasteiger partial charge in [-0.15, -0.1) is 0 Å². The van der Waals surface area contributed by atoms with Crippen LogP contribution in [0.5, 0.6) is 0 Å². The highest BCUT2D eigenvalue weighted by atomic mass is 15.1. The summed E-state index contributed by atoms with van der Waals surface area (Å²) in [5.74, 6) is 2.92. The molecule has 0 saturated carbocycles. The number of rotatable bonds is 0. The second-order valence-corrected chi connectivity index (χ2v) is 10.4. The van der Waals surface area contributed by atoms with Gasteiger partial charge in [0.15, 0.2) is 11.7 Å². The van der Waals surface area contributed by atoms with E-state index >= 15 is 0 Å². The molecule has 4 aliphatic rings. The third-order valence-corrected chi connectivity index (χ3v) is 8.05. The van der Waals surface area contributed by atoms with E-state index in [-0.39, 0.29) is 0 Å². The molecule has 4 aromatic carbocycles. The number of aromatic amines is 1. The Hall–Kier alpha value is -5.89. The van der Waals surface area contributed by atoms with Crippen LogP contribution in [0.25, 0.3) is 27.2 Å². The smallest absolute Gasteiger partial charge is 0.164 e. The van der Waals surface area contributed by atoms with Crippen LogP contribution in [-0.4, -0.2) is 27.1 Å². The number of amidine groups is 3. The standard InChI is InChI=1S/C34H22N8/c35-28-20-10-2-1-9-19(20)27-17-18-42-33(36-27)25-15-7-8-16-26(25)34(42)41-32-24-14-6-5-13-23(24)31(40-32)39-30-22-12-4-3-11-21(22)29(37-28)38-30/h1-17,38H,18H2,(H2,35,37)/b39-31-,41-34-. The monoisotopic (exact) mass is 542 g/mol. The molecule has 0 saturated heterocycles. The maximum absolute atomic E-state index is 6.74. The van der Waals surface area contributed by atoms with E-state index in [0.29, 0.717) is 35.7 Å². The molecular weight excluding hydrogens is 520 g/mol. The van der Waals surface area contributed by atoms with Crippen molar-refractivity contribution in [1.29, 1.82) is 0 Å². The Morgan fingerprint density at radius 3 is 1.74 bits per heavy atom. The number of aliphatic imine (C=N–C) groups is 3. The van der Waals surface area contributed by atoms with Crippen molar-refractivity contribution in [3.8, 4) is 0 Å². The molecule has 2 aromatic heterocycles. The zero-order valence-corrected chi connectivity index (χ0v) is 22.3. The van der Waals surface area contributed by atoms with Gasteiger partial charge < -0.3 is 15.3 Å². The first kappa shape index (κ1) is 22.9. The molecule has 8 bridgehead atoms. The van der Waals surface area contributed by atoms with Crippen LogP contribution in [0.1, 0.15) is 22.3 Å². The van der Waals surface area contributed by atoms with E-state index in [0.717, 1.165) is 60.5 Å². The molecule has 0 fully saturated rings. The van der Waals surface area contributed by atoms with Crippen molar-refractivity contribution in [2.75, 3.05) is 0 Å². The minimum absolute atomic E-state index is 0.394. The fourth-order valence-electron chi connectivity index (χ4n) is 6.09. The molecule has 0 atom stereocenters. The molecule has 198 valence electrons. The fourth-order valence-corrected chi connectivity index (χ4v) is 6.09. The Bertz CT molecular complexity index is 2400. The van der Waals surface area contributed by atoms with Crippen LogP contribution >= 0.6 is 0 Å². The quantitative estimate of drug-likeness (QED) is 0.267. The first-order chi connectivity index (χ1) is 20.7. The van der Waals surface area contributed by atoms with Gasteiger partial charge in [0.2, 0.25) is 0 Å². The summed E-state index contributed by atoms with van der Waals surface area (Å²) < 4.78 is 2.15. The van der Waals surface area contributed by atoms with Crippen molar-refractivity contribution in [3.05, 3.63) is 136 Å². The lowest BCUT2D eigenvalue weighted by atomic mass is 10.0. The predicted octanol–water partition coefficient (Wildman–Crippen LogP) is 5.31. The molecule has 10 rings (SSSR count). The Morgan fingerprint density at radius 2 is 1.05 bits per heavy atom. The van der Waals surface area contributed by atoms with Gasteiger partial charge in [-0.25, -0.2) is 25.0 Å². The molecule has 6 aromatic rings. The lowest BCUT2D eigenvalue weighted by molar-refractivity contribution is 0.733. The second-order valence-electron chi connectivity index (χ2n) is 10.4. The lowest BCUT2D eigenvalue weighted by Crippen LogP contribution is -2.30. The summed E-state index contributed by atoms with van der Waals surface area (Å²) in [5.41, 5.74) is 12.9. The largest absolute Gasteiger partial charge is 0.383 e. The zero-order chi connectivity index (χ0) is 27.8. The summed E-state index contributed by atoms with van der Waals surface area (Å²) in [6.45, 7) is 0.604. The fraction of sp³-hybridized carbons (Fsp3) is 0.0294. The van der Waals surface area contributed by atoms with E-state index in [2.05, 4.69) is 27.8 Å². The molecule has 6 heterocycles. The third-order valence-electron chi connectivity index (χ3n) is 8.05. The second kappa shape index (κ2) is 8.55. The average Bonchev–Trinajstić information content (AvgIpc) is 3.67. The summed E-state index contributed by atoms with van der Waals surface area (Å²) in [7, 11) is 0. The lowest BCUT2D eigenvalue weighted by Gasteiger charge is -2.13. The number of aromatic nitrogens is 2. The molecule has 8 nitrogen and oxygen atoms in total. The third kappa shape index (κ3) is 3.26. The van der Waals surface area contributed by atoms with E-state index < -0.39 is 0 Å². The van der Waals surface area contributed by atoms with E-state index in [4.69, 9.17) is 30.7 Å². The number of hydrogen-bond acceptors (Lipinski definition) is 6. The predicted molar refractivity (Wildman–Crippen MR) is 167 cm³/mol. The van der Waals surface area contributed by atoms with Gasteiger partial charge in [-0.3, -0.25) is 0 Å². The molecule has 0 amide bonds. The van der Waals surface area contributed by atoms with Crippen LogP contribution in [-0.2, 0) is 6.54 Å². The van der Waals surface area contributed by atoms with Crippen LogP contribution in [0, 0.1) is 0 Å². The minimum Gasteiger partial charge on any atom is -0.383 e. The number of nitrogens with two attached hydrogens (primary N) is 1. The van der Waals surface area contributed by atoms with E-state index in [1.54, 1.807) is 0 Å². The summed E-state index contributed by atoms with van der Waals surface area (Å²) in [5, 5.41) is 3.92. The highest BCUT2D eigenvalue weighted by Gasteiger charge is 2.24. The molecule has 8 heteroatoms. The van der Waals surface area contributed by atoms with Gasteiger partial charge in [0.25, 0.3) is 0 Å². The zero-order valence-electron chi connectivity index (χ0n) is 22.3. The molecule has 4 aliphatic heterocycles. The van der Waals surface area contributed by atoms with E-state index in [9.17, 15) is 0 Å². The van der Waals surface area contributed by atoms with Gasteiger partial charge >= 0.3 is 0 Å². The van der Waals surface area contributed by atoms with Crippen molar-refractivity contribution in [3.63, 3.8) is 0 Å². The topological polar surface area (TPSA) is 109 Å². The molecule has 3 N–H and O–H groups in total. The normalized spacial score (nSPS) is 18.4. The number of allylic oxidation sites excluding steroid dienone is 1. The molecule has 0 spiro atoms. The molecule has 0 aliphatic carbocycles. The maximum atomic E-state index is 6.74. The van der Waals surface area contributed by atoms with Gasteiger partial charge in [0.1, 0.15) is 28.4 Å². The van der Waals surface area contributed by atoms with Gasteiger partial charge in [-0.05, 0) is 6.08 Å². The number of nitrogens with zero attached hydrogens (tertiary/aromatic N) is 6. The van der Waals surface area contributed by atoms with Crippen molar-refractivity contribution in [1.82, 2.24) is 9.55 Å². The number of H-pyrrole nitrogens is 1. The Balaban J connectivity index is 1.43. The molecule has 0 unspecified atom stereocenters. The Labute approximate surface area is 239 Å². The van der Waals surface area contributed by atoms with Crippen LogP contribution < -0.4 is 16.7 Å². The summed E-state index contributed by atoms with van der Waals surface area (Å²) in [6.07, 6.45) is 2.12. The summed E-state index contributed by atoms with van der Waals surface area (Å²) in [6, 6.07) is 32.4. The van der Waals surface area contributed by atoms with Crippen molar-refractivity contribution < 1.29 is 0 Å². The highest BCUT2D eigenvalue weighted by molar-refractivity contribution is 6.23. The number of nitrogens with one attached hydrogen (secondary N) is 1. The first-order valence-electron chi connectivity index (χ1n) is 13.8. The van der Waals surface area contributed by atoms with Gasteiger partial charge in [0.05, 0.1) is 5.70 Å². The van der Waals surface area contributed by atoms with E-state index in [1.807, 2.05) is 84.9 Å². The molecular formula is C34H22N8. The summed E-state index contributed by atoms with van der Waals surface area (Å²) >= 11 is 0. The maximum Gasteiger partial charge on any atom is 0.164 e. The average molecular weight is 543 g/mol. The molecule has 42 heavy (non-hydrogen) atoms. The Kier molecular flexibility index (Phi) is 4.66. The molecule has 0 radical (unpaired) electrons. The first-order valence-corrected chi connectivity index (χ1v) is 13.8. The van der Waals surface area contributed by atoms with Crippen molar-refractivity contribution in [2.24, 2.45) is 30.7 Å². The van der Waals surface area contributed by atoms with Crippen molar-refractivity contribution in [2.45, 2.75) is 6.54 Å². The number of fused-ring (bicyclic) bond motifs is 4. The number of benzene rings is 4. The van der Waals surface area contributed by atoms with Gasteiger partial charge in [-0.2, -0.15) is 0 Å². The summed E-state index contributed by atoms with van der Waals surface area (Å²) in [4.78, 5) is 28.7. The van der Waals surface area contributed by atoms with Crippen LogP contribution in [0.15, 0.2) is 128 Å². The number of hydrogen-bond donors (Lipinski definition) is 2. The van der Waals surface area contributed by atoms with Crippen LogP contribution in [0.2, 0.25) is 0 Å². The van der Waals surface area contributed by atoms with Gasteiger partial charge in [-0.1, -0.05) is 97.1 Å². The SMILES string of the molecule is N/C1=N\c2[nH]c(c3ccccc23)/N=C2N=C(/N=c3/c4ccccc4c4n3CC=C(N=4)c3ccccc31)c1ccccc1\2. The highest BCUT2D eigenvalue weighted by Crippen LogP contribution is 2.36. The van der Waals surface area contributed by atoms with E-state index in [1.165, 1.54) is 0 Å². The minimum atomic E-state index is 0.394. The van der Waals surface area contributed by atoms with Crippen LogP contribution in [0.3, 0.4) is 0 Å². The van der Waals surface area contributed by atoms with Crippen molar-refractivity contribution >= 4 is 56.4 Å². The van der Waals surface area contributed by atoms with Crippen LogP contribution in [0.4, 0.5) is 11.6 Å². The Morgan fingerprint density at radius 1 is 0.524 bits per heavy atom.